The van der Waals surface area contributed by atoms with E-state index in [9.17, 15) is 22.8 Å². The third-order valence-electron chi connectivity index (χ3n) is 3.17. The van der Waals surface area contributed by atoms with Gasteiger partial charge in [-0.3, -0.25) is 9.59 Å². The molecule has 1 amide bonds. The molecule has 0 saturated heterocycles. The molecule has 0 bridgehead atoms. The van der Waals surface area contributed by atoms with Gasteiger partial charge in [-0.05, 0) is 24.3 Å². The quantitative estimate of drug-likeness (QED) is 0.834. The van der Waals surface area contributed by atoms with E-state index in [1.807, 2.05) is 0 Å². The first-order chi connectivity index (χ1) is 10.9. The van der Waals surface area contributed by atoms with Gasteiger partial charge in [0.1, 0.15) is 0 Å². The highest BCUT2D eigenvalue weighted by molar-refractivity contribution is 5.99. The largest absolute Gasteiger partial charge is 0.416 e. The number of benzene rings is 2. The number of rotatable bonds is 5. The number of amides is 1. The van der Waals surface area contributed by atoms with Crippen molar-refractivity contribution in [3.8, 4) is 0 Å². The molecule has 1 N–H and O–H groups in total. The summed E-state index contributed by atoms with van der Waals surface area (Å²) in [6.07, 6.45) is -4.41. The summed E-state index contributed by atoms with van der Waals surface area (Å²) in [5, 5.41) is 2.47. The Labute approximate surface area is 131 Å². The second kappa shape index (κ2) is 7.09. The van der Waals surface area contributed by atoms with E-state index in [1.165, 1.54) is 12.1 Å². The van der Waals surface area contributed by atoms with Crippen LogP contribution < -0.4 is 5.32 Å². The van der Waals surface area contributed by atoms with Crippen LogP contribution in [-0.4, -0.2) is 11.7 Å². The van der Waals surface area contributed by atoms with Crippen LogP contribution in [0.2, 0.25) is 0 Å². The molecular weight excluding hydrogens is 307 g/mol. The van der Waals surface area contributed by atoms with Crippen LogP contribution in [0.1, 0.15) is 28.8 Å². The van der Waals surface area contributed by atoms with Gasteiger partial charge in [0.25, 0.3) is 0 Å². The minimum Gasteiger partial charge on any atom is -0.326 e. The Balaban J connectivity index is 1.86. The highest BCUT2D eigenvalue weighted by Crippen LogP contribution is 2.29. The minimum atomic E-state index is -4.41. The second-order valence-electron chi connectivity index (χ2n) is 4.91. The van der Waals surface area contributed by atoms with Crippen LogP contribution in [0.25, 0.3) is 0 Å². The molecule has 120 valence electrons. The number of carbonyl (C=O) groups excluding carboxylic acids is 2. The summed E-state index contributed by atoms with van der Waals surface area (Å²) in [7, 11) is 0. The summed E-state index contributed by atoms with van der Waals surface area (Å²) in [6, 6.07) is 12.7. The number of anilines is 1. The molecule has 0 spiro atoms. The topological polar surface area (TPSA) is 46.2 Å². The summed E-state index contributed by atoms with van der Waals surface area (Å²) in [4.78, 5) is 23.6. The van der Waals surface area contributed by atoms with Crippen LogP contribution >= 0.6 is 0 Å². The number of hydrogen-bond donors (Lipinski definition) is 1. The first-order valence-corrected chi connectivity index (χ1v) is 6.91. The van der Waals surface area contributed by atoms with Crippen molar-refractivity contribution in [2.24, 2.45) is 0 Å². The van der Waals surface area contributed by atoms with E-state index in [2.05, 4.69) is 5.32 Å². The lowest BCUT2D eigenvalue weighted by Gasteiger charge is -2.08. The average Bonchev–Trinajstić information content (AvgIpc) is 2.53. The average molecular weight is 321 g/mol. The molecule has 0 heterocycles. The number of Topliss-reactive ketones (excluding diaryl/α,β-unsaturated/α-hetero) is 1. The first-order valence-electron chi connectivity index (χ1n) is 6.91. The molecule has 0 radical (unpaired) electrons. The van der Waals surface area contributed by atoms with E-state index in [1.54, 1.807) is 30.3 Å². The van der Waals surface area contributed by atoms with Crippen LogP contribution in [0.3, 0.4) is 0 Å². The normalized spacial score (nSPS) is 11.1. The van der Waals surface area contributed by atoms with Gasteiger partial charge in [0.2, 0.25) is 5.91 Å². The van der Waals surface area contributed by atoms with Crippen LogP contribution in [0, 0.1) is 0 Å². The van der Waals surface area contributed by atoms with Crippen molar-refractivity contribution in [3.63, 3.8) is 0 Å². The van der Waals surface area contributed by atoms with Crippen LogP contribution in [-0.2, 0) is 11.0 Å². The molecule has 2 rings (SSSR count). The fourth-order valence-electron chi connectivity index (χ4n) is 1.96. The summed E-state index contributed by atoms with van der Waals surface area (Å²) in [5.74, 6) is -0.581. The fraction of sp³-hybridized carbons (Fsp3) is 0.176. The first kappa shape index (κ1) is 16.7. The Bertz CT molecular complexity index is 679. The molecule has 6 heteroatoms. The Morgan fingerprint density at radius 2 is 1.48 bits per heavy atom. The molecular formula is C17H14F3NO2. The molecule has 0 aliphatic carbocycles. The summed E-state index contributed by atoms with van der Waals surface area (Å²) in [6.45, 7) is 0. The van der Waals surface area contributed by atoms with Gasteiger partial charge >= 0.3 is 6.18 Å². The maximum atomic E-state index is 12.4. The predicted octanol–water partition coefficient (Wildman–Crippen LogP) is 4.31. The van der Waals surface area contributed by atoms with Crippen molar-refractivity contribution < 1.29 is 22.8 Å². The Kier molecular flexibility index (Phi) is 5.16. The molecule has 0 aliphatic rings. The van der Waals surface area contributed by atoms with Crippen molar-refractivity contribution in [2.75, 3.05) is 5.32 Å². The van der Waals surface area contributed by atoms with Crippen molar-refractivity contribution in [1.29, 1.82) is 0 Å². The lowest BCUT2D eigenvalue weighted by Crippen LogP contribution is -2.14. The van der Waals surface area contributed by atoms with Crippen molar-refractivity contribution in [3.05, 3.63) is 65.7 Å². The van der Waals surface area contributed by atoms with Gasteiger partial charge in [0.15, 0.2) is 5.78 Å². The predicted molar refractivity (Wildman–Crippen MR) is 80.1 cm³/mol. The van der Waals surface area contributed by atoms with Gasteiger partial charge < -0.3 is 5.32 Å². The van der Waals surface area contributed by atoms with E-state index in [0.29, 0.717) is 5.56 Å². The smallest absolute Gasteiger partial charge is 0.326 e. The number of ketones is 1. The van der Waals surface area contributed by atoms with Gasteiger partial charge in [-0.1, -0.05) is 30.3 Å². The summed E-state index contributed by atoms with van der Waals surface area (Å²) in [5.41, 5.74) is -0.000237. The SMILES string of the molecule is O=C(CCC(=O)c1ccccc1)Nc1ccc(C(F)(F)F)cc1. The maximum absolute atomic E-state index is 12.4. The van der Waals surface area contributed by atoms with Gasteiger partial charge in [0.05, 0.1) is 5.56 Å². The molecule has 2 aromatic rings. The van der Waals surface area contributed by atoms with Gasteiger partial charge in [-0.15, -0.1) is 0 Å². The number of nitrogens with one attached hydrogen (secondary N) is 1. The number of alkyl halides is 3. The minimum absolute atomic E-state index is 0.0330. The highest BCUT2D eigenvalue weighted by Gasteiger charge is 2.29. The molecule has 23 heavy (non-hydrogen) atoms. The fourth-order valence-corrected chi connectivity index (χ4v) is 1.96. The van der Waals surface area contributed by atoms with Gasteiger partial charge in [-0.25, -0.2) is 0 Å². The molecule has 2 aromatic carbocycles. The monoisotopic (exact) mass is 321 g/mol. The van der Waals surface area contributed by atoms with Crippen LogP contribution in [0.15, 0.2) is 54.6 Å². The zero-order valence-electron chi connectivity index (χ0n) is 12.1. The summed E-state index contributed by atoms with van der Waals surface area (Å²) < 4.78 is 37.3. The third-order valence-corrected chi connectivity index (χ3v) is 3.17. The second-order valence-corrected chi connectivity index (χ2v) is 4.91. The lowest BCUT2D eigenvalue weighted by molar-refractivity contribution is -0.137. The van der Waals surface area contributed by atoms with Crippen molar-refractivity contribution >= 4 is 17.4 Å². The zero-order valence-corrected chi connectivity index (χ0v) is 12.1. The molecule has 0 fully saturated rings. The number of carbonyl (C=O) groups is 2. The van der Waals surface area contributed by atoms with E-state index >= 15 is 0 Å². The molecule has 0 aliphatic heterocycles. The van der Waals surface area contributed by atoms with Crippen molar-refractivity contribution in [2.45, 2.75) is 19.0 Å². The number of hydrogen-bond acceptors (Lipinski definition) is 2. The Hall–Kier alpha value is -2.63. The third kappa shape index (κ3) is 4.95. The molecule has 3 nitrogen and oxygen atoms in total. The van der Waals surface area contributed by atoms with E-state index < -0.39 is 17.6 Å². The lowest BCUT2D eigenvalue weighted by atomic mass is 10.1. The zero-order chi connectivity index (χ0) is 16.9. The van der Waals surface area contributed by atoms with Gasteiger partial charge in [0, 0.05) is 24.1 Å². The van der Waals surface area contributed by atoms with Gasteiger partial charge in [-0.2, -0.15) is 13.2 Å². The van der Waals surface area contributed by atoms with Crippen molar-refractivity contribution in [1.82, 2.24) is 0 Å². The maximum Gasteiger partial charge on any atom is 0.416 e. The van der Waals surface area contributed by atoms with Crippen LogP contribution in [0.5, 0.6) is 0 Å². The molecule has 0 aromatic heterocycles. The molecule has 0 unspecified atom stereocenters. The van der Waals surface area contributed by atoms with Crippen LogP contribution in [0.4, 0.5) is 18.9 Å². The van der Waals surface area contributed by atoms with E-state index in [4.69, 9.17) is 0 Å². The highest BCUT2D eigenvalue weighted by atomic mass is 19.4. The Morgan fingerprint density at radius 3 is 2.04 bits per heavy atom. The molecule has 0 saturated carbocycles. The van der Waals surface area contributed by atoms with E-state index in [-0.39, 0.29) is 24.3 Å². The van der Waals surface area contributed by atoms with E-state index in [0.717, 1.165) is 12.1 Å². The Morgan fingerprint density at radius 1 is 0.870 bits per heavy atom. The molecule has 0 atom stereocenters. The summed E-state index contributed by atoms with van der Waals surface area (Å²) >= 11 is 0. The standard InChI is InChI=1S/C17H14F3NO2/c18-17(19,20)13-6-8-14(9-7-13)21-16(23)11-10-15(22)12-4-2-1-3-5-12/h1-9H,10-11H2,(H,21,23). The number of halogens is 3.